The third kappa shape index (κ3) is 3.25. The monoisotopic (exact) mass is 351 g/mol. The molecule has 2 N–H and O–H groups in total. The van der Waals surface area contributed by atoms with Crippen LogP contribution in [0.15, 0.2) is 36.4 Å². The van der Waals surface area contributed by atoms with E-state index in [-0.39, 0.29) is 11.8 Å². The number of hydrogen-bond donors (Lipinski definition) is 2. The van der Waals surface area contributed by atoms with Crippen LogP contribution in [0.4, 0.5) is 10.8 Å². The molecule has 126 valence electrons. The van der Waals surface area contributed by atoms with Crippen molar-refractivity contribution in [3.8, 4) is 0 Å². The number of thiazole rings is 1. The Morgan fingerprint density at radius 2 is 2.08 bits per heavy atom. The number of benzene rings is 2. The van der Waals surface area contributed by atoms with E-state index in [9.17, 15) is 9.59 Å². The average molecular weight is 351 g/mol. The second kappa shape index (κ2) is 6.29. The zero-order valence-corrected chi connectivity index (χ0v) is 14.6. The summed E-state index contributed by atoms with van der Waals surface area (Å²) in [6.45, 7) is 2.03. The van der Waals surface area contributed by atoms with Gasteiger partial charge < -0.3 is 5.32 Å². The highest BCUT2D eigenvalue weighted by Crippen LogP contribution is 2.28. The molecule has 25 heavy (non-hydrogen) atoms. The molecule has 0 saturated heterocycles. The van der Waals surface area contributed by atoms with Crippen LogP contribution in [-0.4, -0.2) is 16.8 Å². The van der Waals surface area contributed by atoms with Crippen molar-refractivity contribution in [3.63, 3.8) is 0 Å². The Morgan fingerprint density at radius 3 is 2.96 bits per heavy atom. The summed E-state index contributed by atoms with van der Waals surface area (Å²) in [5, 5.41) is 6.35. The predicted molar refractivity (Wildman–Crippen MR) is 100 cm³/mol. The van der Waals surface area contributed by atoms with Crippen molar-refractivity contribution in [2.75, 3.05) is 10.6 Å². The number of carbonyl (C=O) groups is 2. The number of aryl methyl sites for hydroxylation is 2. The number of fused-ring (bicyclic) bond motifs is 2. The van der Waals surface area contributed by atoms with E-state index in [0.29, 0.717) is 17.1 Å². The second-order valence-electron chi connectivity index (χ2n) is 6.22. The molecule has 0 atom stereocenters. The first kappa shape index (κ1) is 15.8. The maximum atomic E-state index is 12.6. The van der Waals surface area contributed by atoms with Crippen molar-refractivity contribution in [2.45, 2.75) is 26.2 Å². The zero-order chi connectivity index (χ0) is 17.4. The van der Waals surface area contributed by atoms with E-state index in [1.165, 1.54) is 16.9 Å². The van der Waals surface area contributed by atoms with Crippen molar-refractivity contribution in [2.24, 2.45) is 0 Å². The van der Waals surface area contributed by atoms with Crippen LogP contribution in [0.1, 0.15) is 34.3 Å². The summed E-state index contributed by atoms with van der Waals surface area (Å²) in [5.41, 5.74) is 4.43. The molecular formula is C19H17N3O2S. The number of hydrogen-bond acceptors (Lipinski definition) is 4. The lowest BCUT2D eigenvalue weighted by molar-refractivity contribution is -0.116. The summed E-state index contributed by atoms with van der Waals surface area (Å²) >= 11 is 1.47. The maximum absolute atomic E-state index is 12.6. The Kier molecular flexibility index (Phi) is 3.97. The number of carbonyl (C=O) groups excluding carboxylic acids is 2. The molecule has 0 saturated carbocycles. The molecule has 0 spiro atoms. The van der Waals surface area contributed by atoms with E-state index in [2.05, 4.69) is 21.7 Å². The fraction of sp³-hybridized carbons (Fsp3) is 0.211. The molecule has 1 aliphatic rings. The Labute approximate surface area is 149 Å². The summed E-state index contributed by atoms with van der Waals surface area (Å²) in [4.78, 5) is 28.6. The molecule has 0 unspecified atom stereocenters. The number of anilines is 2. The van der Waals surface area contributed by atoms with Crippen LogP contribution in [0.25, 0.3) is 10.2 Å². The molecule has 5 nitrogen and oxygen atoms in total. The maximum Gasteiger partial charge on any atom is 0.257 e. The molecular weight excluding hydrogens is 334 g/mol. The fourth-order valence-corrected chi connectivity index (χ4v) is 3.93. The number of amides is 2. The van der Waals surface area contributed by atoms with Gasteiger partial charge in [-0.1, -0.05) is 17.4 Å². The van der Waals surface area contributed by atoms with Gasteiger partial charge in [0.15, 0.2) is 5.13 Å². The molecule has 2 heterocycles. The van der Waals surface area contributed by atoms with E-state index in [4.69, 9.17) is 0 Å². The van der Waals surface area contributed by atoms with Crippen LogP contribution in [-0.2, 0) is 11.2 Å². The fourth-order valence-electron chi connectivity index (χ4n) is 2.97. The predicted octanol–water partition coefficient (Wildman–Crippen LogP) is 4.13. The van der Waals surface area contributed by atoms with Crippen LogP contribution in [0.2, 0.25) is 0 Å². The van der Waals surface area contributed by atoms with Gasteiger partial charge in [0.05, 0.1) is 10.2 Å². The summed E-state index contributed by atoms with van der Waals surface area (Å²) in [6.07, 6.45) is 2.10. The van der Waals surface area contributed by atoms with Gasteiger partial charge in [0.25, 0.3) is 5.91 Å². The zero-order valence-electron chi connectivity index (χ0n) is 13.8. The van der Waals surface area contributed by atoms with Crippen molar-refractivity contribution in [1.29, 1.82) is 0 Å². The van der Waals surface area contributed by atoms with Crippen LogP contribution in [0.3, 0.4) is 0 Å². The molecule has 0 radical (unpaired) electrons. The van der Waals surface area contributed by atoms with Gasteiger partial charge >= 0.3 is 0 Å². The van der Waals surface area contributed by atoms with Gasteiger partial charge in [-0.05, 0) is 61.2 Å². The Hall–Kier alpha value is -2.73. The van der Waals surface area contributed by atoms with Crippen molar-refractivity contribution in [1.82, 2.24) is 4.98 Å². The largest absolute Gasteiger partial charge is 0.326 e. The van der Waals surface area contributed by atoms with Crippen molar-refractivity contribution in [3.05, 3.63) is 53.1 Å². The van der Waals surface area contributed by atoms with Gasteiger partial charge in [0.2, 0.25) is 5.91 Å². The molecule has 1 aliphatic heterocycles. The SMILES string of the molecule is Cc1ccc2nc(NC(=O)c3ccc4c(c3)CCCC(=O)N4)sc2c1. The summed E-state index contributed by atoms with van der Waals surface area (Å²) in [6, 6.07) is 11.4. The number of rotatable bonds is 2. The summed E-state index contributed by atoms with van der Waals surface area (Å²) in [5.74, 6) is -0.158. The van der Waals surface area contributed by atoms with E-state index >= 15 is 0 Å². The van der Waals surface area contributed by atoms with E-state index in [1.807, 2.05) is 25.1 Å². The molecule has 0 bridgehead atoms. The van der Waals surface area contributed by atoms with Crippen LogP contribution < -0.4 is 10.6 Å². The number of nitrogens with one attached hydrogen (secondary N) is 2. The van der Waals surface area contributed by atoms with E-state index in [0.717, 1.165) is 34.3 Å². The lowest BCUT2D eigenvalue weighted by atomic mass is 10.0. The highest BCUT2D eigenvalue weighted by molar-refractivity contribution is 7.22. The molecule has 2 aromatic carbocycles. The summed E-state index contributed by atoms with van der Waals surface area (Å²) in [7, 11) is 0. The van der Waals surface area contributed by atoms with Gasteiger partial charge in [-0.3, -0.25) is 14.9 Å². The van der Waals surface area contributed by atoms with E-state index in [1.54, 1.807) is 12.1 Å². The first-order chi connectivity index (χ1) is 12.1. The Bertz CT molecular complexity index is 993. The average Bonchev–Trinajstić information content (AvgIpc) is 2.86. The second-order valence-corrected chi connectivity index (χ2v) is 7.25. The minimum Gasteiger partial charge on any atom is -0.326 e. The topological polar surface area (TPSA) is 71.1 Å². The van der Waals surface area contributed by atoms with Gasteiger partial charge in [0, 0.05) is 17.7 Å². The van der Waals surface area contributed by atoms with Crippen LogP contribution >= 0.6 is 11.3 Å². The minimum atomic E-state index is -0.186. The highest BCUT2D eigenvalue weighted by atomic mass is 32.1. The Balaban J connectivity index is 1.58. The van der Waals surface area contributed by atoms with Crippen molar-refractivity contribution >= 4 is 44.2 Å². The lowest BCUT2D eigenvalue weighted by Gasteiger charge is -2.09. The lowest BCUT2D eigenvalue weighted by Crippen LogP contribution is -2.13. The van der Waals surface area contributed by atoms with Gasteiger partial charge in [-0.25, -0.2) is 4.98 Å². The van der Waals surface area contributed by atoms with E-state index < -0.39 is 0 Å². The third-order valence-electron chi connectivity index (χ3n) is 4.26. The quantitative estimate of drug-likeness (QED) is 0.729. The Morgan fingerprint density at radius 1 is 1.20 bits per heavy atom. The first-order valence-corrected chi connectivity index (χ1v) is 9.01. The van der Waals surface area contributed by atoms with Gasteiger partial charge in [0.1, 0.15) is 0 Å². The molecule has 6 heteroatoms. The van der Waals surface area contributed by atoms with Crippen LogP contribution in [0, 0.1) is 6.92 Å². The minimum absolute atomic E-state index is 0.0284. The summed E-state index contributed by atoms with van der Waals surface area (Å²) < 4.78 is 1.06. The number of nitrogens with zero attached hydrogens (tertiary/aromatic N) is 1. The number of aromatic nitrogens is 1. The van der Waals surface area contributed by atoms with Gasteiger partial charge in [-0.2, -0.15) is 0 Å². The van der Waals surface area contributed by atoms with Crippen LogP contribution in [0.5, 0.6) is 0 Å². The third-order valence-corrected chi connectivity index (χ3v) is 5.19. The molecule has 1 aromatic heterocycles. The molecule has 3 aromatic rings. The molecule has 0 fully saturated rings. The standard InChI is InChI=1S/C19H17N3O2S/c1-11-5-7-15-16(9-11)25-19(21-15)22-18(24)13-6-8-14-12(10-13)3-2-4-17(23)20-14/h5-10H,2-4H2,1H3,(H,20,23)(H,21,22,24). The molecule has 2 amide bonds. The molecule has 4 rings (SSSR count). The normalized spacial score (nSPS) is 13.9. The smallest absolute Gasteiger partial charge is 0.257 e. The highest BCUT2D eigenvalue weighted by Gasteiger charge is 2.16. The molecule has 0 aliphatic carbocycles. The first-order valence-electron chi connectivity index (χ1n) is 8.20. The van der Waals surface area contributed by atoms with Crippen molar-refractivity contribution < 1.29 is 9.59 Å². The van der Waals surface area contributed by atoms with Gasteiger partial charge in [-0.15, -0.1) is 0 Å².